The number of halogens is 5. The highest BCUT2D eigenvalue weighted by Crippen LogP contribution is 2.38. The molecule has 5 rings (SSSR count). The summed E-state index contributed by atoms with van der Waals surface area (Å²) in [6.07, 6.45) is -0.927. The van der Waals surface area contributed by atoms with E-state index < -0.39 is 35.2 Å². The van der Waals surface area contributed by atoms with E-state index in [0.717, 1.165) is 5.69 Å². The van der Waals surface area contributed by atoms with Crippen molar-refractivity contribution in [2.45, 2.75) is 25.6 Å². The monoisotopic (exact) mass is 621 g/mol. The van der Waals surface area contributed by atoms with Crippen molar-refractivity contribution in [1.82, 2.24) is 14.5 Å². The minimum atomic E-state index is -5.34. The van der Waals surface area contributed by atoms with Gasteiger partial charge in [0.05, 0.1) is 17.1 Å². The lowest BCUT2D eigenvalue weighted by Crippen LogP contribution is -2.61. The molecule has 2 aliphatic heterocycles. The molecule has 1 atom stereocenters. The van der Waals surface area contributed by atoms with Crippen LogP contribution in [-0.2, 0) is 21.0 Å². The third-order valence-electron chi connectivity index (χ3n) is 7.55. The van der Waals surface area contributed by atoms with Crippen molar-refractivity contribution in [2.24, 2.45) is 5.92 Å². The lowest BCUT2D eigenvalue weighted by Gasteiger charge is -2.38. The third-order valence-corrected chi connectivity index (χ3v) is 8.10. The second-order valence-electron chi connectivity index (χ2n) is 10.2. The van der Waals surface area contributed by atoms with Crippen LogP contribution in [-0.4, -0.2) is 60.0 Å². The van der Waals surface area contributed by atoms with Gasteiger partial charge in [-0.2, -0.15) is 13.2 Å². The average molecular weight is 622 g/mol. The molecular weight excluding hydrogens is 596 g/mol. The van der Waals surface area contributed by atoms with Crippen LogP contribution < -0.4 is 9.55 Å². The summed E-state index contributed by atoms with van der Waals surface area (Å²) in [4.78, 5) is 52.5. The first kappa shape index (κ1) is 29.8. The average Bonchev–Trinajstić information content (AvgIpc) is 3.07. The van der Waals surface area contributed by atoms with E-state index in [1.807, 2.05) is 12.1 Å². The zero-order valence-corrected chi connectivity index (χ0v) is 23.7. The number of carbonyl (C=O) groups is 3. The third kappa shape index (κ3) is 6.08. The van der Waals surface area contributed by atoms with Crippen molar-refractivity contribution >= 4 is 52.4 Å². The van der Waals surface area contributed by atoms with Crippen LogP contribution in [0.3, 0.4) is 0 Å². The van der Waals surface area contributed by atoms with E-state index in [1.165, 1.54) is 29.2 Å². The molecule has 0 saturated carbocycles. The number of rotatable bonds is 5. The number of aromatic nitrogens is 1. The van der Waals surface area contributed by atoms with Crippen LogP contribution in [0, 0.1) is 5.92 Å². The summed E-state index contributed by atoms with van der Waals surface area (Å²) in [5.74, 6) is -4.25. The van der Waals surface area contributed by atoms with E-state index in [9.17, 15) is 27.6 Å². The summed E-state index contributed by atoms with van der Waals surface area (Å²) in [7, 11) is 0. The van der Waals surface area contributed by atoms with Gasteiger partial charge < -0.3 is 9.80 Å². The maximum Gasteiger partial charge on any atom is 0.497 e. The number of hydrogen-bond donors (Lipinski definition) is 0. The molecule has 0 N–H and O–H groups in total. The predicted octanol–water partition coefficient (Wildman–Crippen LogP) is 5.82. The Balaban J connectivity index is 1.50. The number of quaternary nitrogens is 1. The van der Waals surface area contributed by atoms with Crippen LogP contribution in [0.4, 0.5) is 24.5 Å². The number of carbonyl (C=O) groups excluding carboxylic acids is 3. The second-order valence-corrected chi connectivity index (χ2v) is 11.1. The van der Waals surface area contributed by atoms with Gasteiger partial charge >= 0.3 is 18.1 Å². The molecule has 2 aliphatic rings. The molecule has 0 bridgehead atoms. The fourth-order valence-corrected chi connectivity index (χ4v) is 5.96. The highest BCUT2D eigenvalue weighted by Gasteiger charge is 2.56. The lowest BCUT2D eigenvalue weighted by atomic mass is 9.95. The van der Waals surface area contributed by atoms with Crippen molar-refractivity contribution in [2.75, 3.05) is 31.1 Å². The van der Waals surface area contributed by atoms with E-state index in [0.29, 0.717) is 36.5 Å². The van der Waals surface area contributed by atoms with E-state index >= 15 is 0 Å². The normalized spacial score (nSPS) is 19.7. The minimum absolute atomic E-state index is 0.0580. The zero-order chi connectivity index (χ0) is 30.1. The Morgan fingerprint density at radius 3 is 2.36 bits per heavy atom. The molecule has 13 heteroatoms. The Morgan fingerprint density at radius 1 is 1.00 bits per heavy atom. The molecule has 2 aromatic carbocycles. The molecule has 2 amide bonds. The van der Waals surface area contributed by atoms with Gasteiger partial charge in [-0.1, -0.05) is 41.4 Å². The molecule has 0 spiro atoms. The summed E-state index contributed by atoms with van der Waals surface area (Å²) < 4.78 is 39.5. The van der Waals surface area contributed by atoms with Crippen molar-refractivity contribution in [3.05, 3.63) is 88.2 Å². The van der Waals surface area contributed by atoms with Gasteiger partial charge in [0.15, 0.2) is 5.69 Å². The highest BCUT2D eigenvalue weighted by atomic mass is 35.5. The van der Waals surface area contributed by atoms with Crippen LogP contribution in [0.5, 0.6) is 0 Å². The SMILES string of the molecule is O=C(c1ccc(Cl)cc1Cl)N1CC(=O)[N+](CC2CCN(c3ccncc3)CC2)(OC(=O)C(F)(F)F)c2ccccc2C1. The first-order chi connectivity index (χ1) is 20.0. The number of piperidine rings is 1. The number of hydroxylamine groups is 2. The molecule has 1 fully saturated rings. The molecule has 1 saturated heterocycles. The molecule has 3 heterocycles. The fourth-order valence-electron chi connectivity index (χ4n) is 5.47. The number of fused-ring (bicyclic) bond motifs is 1. The van der Waals surface area contributed by atoms with Crippen LogP contribution in [0.15, 0.2) is 67.0 Å². The number of hydrogen-bond acceptors (Lipinski definition) is 6. The molecule has 220 valence electrons. The van der Waals surface area contributed by atoms with Gasteiger partial charge in [0.25, 0.3) is 5.91 Å². The van der Waals surface area contributed by atoms with E-state index in [4.69, 9.17) is 28.0 Å². The Bertz CT molecular complexity index is 1500. The van der Waals surface area contributed by atoms with E-state index in [1.54, 1.807) is 30.6 Å². The molecule has 1 unspecified atom stereocenters. The highest BCUT2D eigenvalue weighted by molar-refractivity contribution is 6.36. The van der Waals surface area contributed by atoms with Crippen LogP contribution in [0.25, 0.3) is 0 Å². The molecule has 0 aliphatic carbocycles. The Kier molecular flexibility index (Phi) is 8.45. The van der Waals surface area contributed by atoms with Crippen LogP contribution in [0.1, 0.15) is 28.8 Å². The Hall–Kier alpha value is -3.67. The van der Waals surface area contributed by atoms with E-state index in [-0.39, 0.29) is 35.3 Å². The second kappa shape index (κ2) is 11.9. The van der Waals surface area contributed by atoms with Crippen molar-refractivity contribution < 1.29 is 32.4 Å². The van der Waals surface area contributed by atoms with Gasteiger partial charge in [0.2, 0.25) is 0 Å². The van der Waals surface area contributed by atoms with Crippen LogP contribution in [0.2, 0.25) is 10.0 Å². The first-order valence-corrected chi connectivity index (χ1v) is 13.9. The fraction of sp³-hybridized carbons (Fsp3) is 0.310. The van der Waals surface area contributed by atoms with Crippen LogP contribution >= 0.6 is 23.2 Å². The van der Waals surface area contributed by atoms with Gasteiger partial charge in [-0.05, 0) is 47.8 Å². The zero-order valence-electron chi connectivity index (χ0n) is 22.2. The minimum Gasteiger partial charge on any atom is -0.371 e. The maximum absolute atomic E-state index is 14.1. The summed E-state index contributed by atoms with van der Waals surface area (Å²) in [5.41, 5.74) is 1.48. The standard InChI is InChI=1S/C29H26Cl2F3N4O4/c30-21-5-6-23(24(31)15-21)27(40)37-16-20-3-1-2-4-25(20)38(26(39)17-37,42-28(41)29(32,33)34)18-19-9-13-36(14-10-19)22-7-11-35-12-8-22/h1-8,11-12,15,19H,9-10,13-14,16-18H2/q+1. The van der Waals surface area contributed by atoms with E-state index in [2.05, 4.69) is 9.88 Å². The van der Waals surface area contributed by atoms with Gasteiger partial charge in [-0.15, -0.1) is 0 Å². The molecule has 42 heavy (non-hydrogen) atoms. The summed E-state index contributed by atoms with van der Waals surface area (Å²) in [5, 5.41) is 0.362. The van der Waals surface area contributed by atoms with Crippen molar-refractivity contribution in [3.63, 3.8) is 0 Å². The Labute approximate surface area is 249 Å². The van der Waals surface area contributed by atoms with Crippen molar-refractivity contribution in [1.29, 1.82) is 0 Å². The number of anilines is 1. The predicted molar refractivity (Wildman–Crippen MR) is 151 cm³/mol. The number of para-hydroxylation sites is 1. The lowest BCUT2D eigenvalue weighted by molar-refractivity contribution is -0.235. The number of pyridine rings is 1. The maximum atomic E-state index is 14.1. The Morgan fingerprint density at radius 2 is 1.69 bits per heavy atom. The molecule has 8 nitrogen and oxygen atoms in total. The molecule has 0 radical (unpaired) electrons. The van der Waals surface area contributed by atoms with Gasteiger partial charge in [0.1, 0.15) is 13.1 Å². The smallest absolute Gasteiger partial charge is 0.371 e. The topological polar surface area (TPSA) is 79.8 Å². The molecule has 3 aromatic rings. The van der Waals surface area contributed by atoms with Crippen molar-refractivity contribution in [3.8, 4) is 0 Å². The molecular formula is C29H26Cl2F3N4O4+. The number of benzene rings is 2. The largest absolute Gasteiger partial charge is 0.497 e. The van der Waals surface area contributed by atoms with Gasteiger partial charge in [-0.3, -0.25) is 14.6 Å². The summed E-state index contributed by atoms with van der Waals surface area (Å²) >= 11 is 12.2. The number of alkyl halides is 3. The molecule has 1 aromatic heterocycles. The summed E-state index contributed by atoms with van der Waals surface area (Å²) in [6.45, 7) is 0.206. The first-order valence-electron chi connectivity index (χ1n) is 13.2. The van der Waals surface area contributed by atoms with Gasteiger partial charge in [-0.25, -0.2) is 9.59 Å². The number of nitrogens with zero attached hydrogens (tertiary/aromatic N) is 4. The quantitative estimate of drug-likeness (QED) is 0.334. The number of amides is 2. The summed E-state index contributed by atoms with van der Waals surface area (Å²) in [6, 6.07) is 14.3. The van der Waals surface area contributed by atoms with Gasteiger partial charge in [0, 0.05) is 53.7 Å².